The van der Waals surface area contributed by atoms with Gasteiger partial charge < -0.3 is 15.7 Å². The summed E-state index contributed by atoms with van der Waals surface area (Å²) in [6.07, 6.45) is 2.88. The van der Waals surface area contributed by atoms with Crippen molar-refractivity contribution in [2.24, 2.45) is 0 Å². The molecule has 3 aliphatic heterocycles. The van der Waals surface area contributed by atoms with Crippen LogP contribution >= 0.6 is 43.6 Å². The van der Waals surface area contributed by atoms with E-state index in [0.29, 0.717) is 27.3 Å². The molecule has 47 heavy (non-hydrogen) atoms. The third-order valence-electron chi connectivity index (χ3n) is 7.71. The first kappa shape index (κ1) is 40.8. The summed E-state index contributed by atoms with van der Waals surface area (Å²) in [5, 5.41) is 39.5. The number of aliphatic carboxylic acids is 1. The molecule has 4 N–H and O–H groups in total. The molecule has 2 aromatic carbocycles. The summed E-state index contributed by atoms with van der Waals surface area (Å²) in [4.78, 5) is 45.4. The van der Waals surface area contributed by atoms with E-state index in [4.69, 9.17) is 9.52 Å². The smallest absolute Gasteiger partial charge is 1.00 e. The second-order valence-electron chi connectivity index (χ2n) is 10.6. The van der Waals surface area contributed by atoms with E-state index in [9.17, 15) is 32.4 Å². The maximum Gasteiger partial charge on any atom is 1.00 e. The number of thioether (sulfide) groups is 1. The number of carbonyl (C=O) groups is 3. The Morgan fingerprint density at radius 2 is 1.77 bits per heavy atom. The van der Waals surface area contributed by atoms with Gasteiger partial charge in [-0.3, -0.25) is 4.79 Å². The molecule has 232 valence electrons. The summed E-state index contributed by atoms with van der Waals surface area (Å²) < 4.78 is 16.6. The topological polar surface area (TPSA) is 192 Å². The van der Waals surface area contributed by atoms with Crippen LogP contribution in [0.2, 0.25) is 0 Å². The van der Waals surface area contributed by atoms with Crippen LogP contribution in [0.4, 0.5) is 4.79 Å². The number of aromatic carboxylic acids is 1. The first-order valence-electron chi connectivity index (χ1n) is 13.9. The Bertz CT molecular complexity index is 1850. The number of urea groups is 1. The minimum Gasteiger partial charge on any atom is 1.00 e. The van der Waals surface area contributed by atoms with Gasteiger partial charge in [-0.05, 0) is 12.8 Å². The van der Waals surface area contributed by atoms with Gasteiger partial charge in [-0.1, -0.05) is 6.42 Å². The third-order valence-corrected chi connectivity index (χ3v) is 14.2. The summed E-state index contributed by atoms with van der Waals surface area (Å²) >= 11 is 5.58. The van der Waals surface area contributed by atoms with Gasteiger partial charge in [0.15, 0.2) is 0 Å². The second kappa shape index (κ2) is 18.0. The first-order valence-corrected chi connectivity index (χ1v) is 21.7. The van der Waals surface area contributed by atoms with Crippen molar-refractivity contribution in [1.29, 1.82) is 0 Å². The van der Waals surface area contributed by atoms with Crippen molar-refractivity contribution >= 4 is 75.6 Å². The van der Waals surface area contributed by atoms with Crippen molar-refractivity contribution in [3.05, 3.63) is 67.2 Å². The number of hydrogen-bond donors (Lipinski definition) is 4. The molecule has 0 unspecified atom stereocenters. The van der Waals surface area contributed by atoms with Crippen molar-refractivity contribution < 1.29 is 121 Å². The molecule has 2 saturated heterocycles. The third kappa shape index (κ3) is 9.18. The fourth-order valence-corrected chi connectivity index (χ4v) is 11.9. The number of rotatable bonds is 8. The molecule has 2 amide bonds. The summed E-state index contributed by atoms with van der Waals surface area (Å²) in [6, 6.07) is 11.1. The van der Waals surface area contributed by atoms with Crippen LogP contribution in [0, 0.1) is 0 Å². The van der Waals surface area contributed by atoms with E-state index >= 15 is 0 Å². The standard InChI is InChI=1S/C20H9Br2O5.C10H16N2O3S.Hg.2Na.H2O/c21-13-5-11-17(7-15(13)23)27-18-8-16(24)14(22)6-12(18)19(11)9-3-1-2-4-10(9)20(25)26;13-8(14)4-2-1-3-7-9-6(5-16-7)11-10(15)12-9;;;;/h1-7,24H,(H,25,26);6-7,9H,1-5H2,(H,13,14)(H2,11,12,15);;;;1H2/q;;3*+1;/p-3/t;6-,7-,9-;;;;/m.0..../s1. The van der Waals surface area contributed by atoms with Crippen LogP contribution in [-0.4, -0.2) is 49.2 Å². The molecule has 0 bridgehead atoms. The van der Waals surface area contributed by atoms with Gasteiger partial charge in [0.1, 0.15) is 0 Å². The van der Waals surface area contributed by atoms with Crippen molar-refractivity contribution in [2.45, 2.75) is 43.0 Å². The number of halogens is 2. The fourth-order valence-electron chi connectivity index (χ4n) is 5.62. The predicted octanol–water partition coefficient (Wildman–Crippen LogP) is -3.05. The van der Waals surface area contributed by atoms with Crippen LogP contribution in [0.15, 0.2) is 60.6 Å². The quantitative estimate of drug-likeness (QED) is 0.0611. The Hall–Kier alpha value is -0.655. The number of carboxylic acid groups (broad SMARTS) is 2. The first-order chi connectivity index (χ1) is 21.5. The minimum atomic E-state index is -2.75. The van der Waals surface area contributed by atoms with Gasteiger partial charge in [-0.2, -0.15) is 11.8 Å². The molecule has 11 nitrogen and oxygen atoms in total. The maximum absolute atomic E-state index is 12.5. The van der Waals surface area contributed by atoms with Crippen LogP contribution in [0.5, 0.6) is 5.75 Å². The van der Waals surface area contributed by atoms with Crippen LogP contribution < -0.4 is 88.5 Å². The molecule has 0 saturated carbocycles. The fraction of sp³-hybridized carbons (Fsp3) is 0.267. The minimum absolute atomic E-state index is 0. The Labute approximate surface area is 347 Å². The molecule has 6 rings (SSSR count). The van der Waals surface area contributed by atoms with Crippen molar-refractivity contribution in [2.75, 3.05) is 5.75 Å². The number of fused-ring (bicyclic) bond motifs is 3. The van der Waals surface area contributed by atoms with E-state index in [2.05, 4.69) is 42.5 Å². The van der Waals surface area contributed by atoms with Crippen LogP contribution in [-0.2, 0) is 29.8 Å². The molecule has 2 aromatic rings. The zero-order chi connectivity index (χ0) is 32.4. The molecule has 0 spiro atoms. The second-order valence-corrected chi connectivity index (χ2v) is 17.5. The van der Waals surface area contributed by atoms with Gasteiger partial charge in [-0.15, -0.1) is 0 Å². The summed E-state index contributed by atoms with van der Waals surface area (Å²) in [6.45, 7) is 0. The summed E-state index contributed by atoms with van der Waals surface area (Å²) in [5.74, 6) is -1.29. The van der Waals surface area contributed by atoms with Gasteiger partial charge in [0.25, 0.3) is 0 Å². The Morgan fingerprint density at radius 1 is 1.04 bits per heavy atom. The Kier molecular flexibility index (Phi) is 15.6. The van der Waals surface area contributed by atoms with Crippen LogP contribution in [0.1, 0.15) is 36.0 Å². The largest absolute Gasteiger partial charge is 1.00 e. The zero-order valence-electron chi connectivity index (χ0n) is 25.4. The van der Waals surface area contributed by atoms with E-state index in [1.54, 1.807) is 30.3 Å². The molecule has 1 aliphatic carbocycles. The van der Waals surface area contributed by atoms with Gasteiger partial charge in [0, 0.05) is 17.4 Å². The number of carbonyl (C=O) groups excluding carboxylic acids is 2. The number of benzene rings is 3. The van der Waals surface area contributed by atoms with Crippen molar-refractivity contribution in [1.82, 2.24) is 10.6 Å². The average Bonchev–Trinajstić information content (AvgIpc) is 3.55. The molecule has 2 fully saturated rings. The number of amides is 2. The van der Waals surface area contributed by atoms with E-state index in [1.807, 2.05) is 11.8 Å². The number of carboxylic acids is 2. The average molecular weight is 995 g/mol. The molecular weight excluding hydrogens is 971 g/mol. The van der Waals surface area contributed by atoms with Gasteiger partial charge >= 0.3 is 266 Å². The summed E-state index contributed by atoms with van der Waals surface area (Å²) in [5.41, 5.74) is 1.14. The van der Waals surface area contributed by atoms with E-state index in [1.165, 1.54) is 12.1 Å². The molecule has 3 heterocycles. The number of unbranched alkanes of at least 4 members (excludes halogenated alkanes) is 1. The SMILES string of the molecule is O=C(O)CCCC[C@@H]1SC[C@@H]2NC(=O)N[C@@H]21.O=C([O-])c1ccccc1-c1c2cc(Br)c(=O)cc-2oc2[c]([Hg][OH])c([O-])c(Br)cc12.[Na+].[Na+]. The normalized spacial score (nSPS) is 17.7. The van der Waals surface area contributed by atoms with Gasteiger partial charge in [-0.25, -0.2) is 4.79 Å². The number of hydrogen-bond acceptors (Lipinski definition) is 9. The van der Waals surface area contributed by atoms with Crippen molar-refractivity contribution in [3.63, 3.8) is 0 Å². The van der Waals surface area contributed by atoms with E-state index in [-0.39, 0.29) is 124 Å². The monoisotopic (exact) mass is 994 g/mol. The molecule has 17 heteroatoms. The molecule has 0 aromatic heterocycles. The maximum atomic E-state index is 12.5. The van der Waals surface area contributed by atoms with E-state index in [0.717, 1.165) is 25.0 Å². The zero-order valence-corrected chi connectivity index (χ0v) is 38.9. The Balaban J connectivity index is 0.000000285. The predicted molar refractivity (Wildman–Crippen MR) is 167 cm³/mol. The molecule has 3 atom stereocenters. The van der Waals surface area contributed by atoms with Gasteiger partial charge in [0.2, 0.25) is 0 Å². The van der Waals surface area contributed by atoms with Gasteiger partial charge in [0.05, 0.1) is 12.1 Å². The van der Waals surface area contributed by atoms with E-state index < -0.39 is 37.0 Å². The van der Waals surface area contributed by atoms with Crippen molar-refractivity contribution in [3.8, 4) is 28.2 Å². The Morgan fingerprint density at radius 3 is 2.45 bits per heavy atom. The molecule has 4 aliphatic rings. The molecule has 0 radical (unpaired) electrons. The van der Waals surface area contributed by atoms with Crippen LogP contribution in [0.25, 0.3) is 33.4 Å². The molecular formula is C30H24Br2HgN2Na2O9S. The van der Waals surface area contributed by atoms with Crippen LogP contribution in [0.3, 0.4) is 0 Å². The number of nitrogens with one attached hydrogen (secondary N) is 2. The summed E-state index contributed by atoms with van der Waals surface area (Å²) in [7, 11) is 0.